The van der Waals surface area contributed by atoms with E-state index in [2.05, 4.69) is 31.2 Å². The minimum absolute atomic E-state index is 0.0788. The minimum Gasteiger partial charge on any atom is -0.494 e. The monoisotopic (exact) mass is 506 g/mol. The number of fused-ring (bicyclic) bond motifs is 1. The number of hydrogen-bond donors (Lipinski definition) is 0. The van der Waals surface area contributed by atoms with Crippen molar-refractivity contribution in [2.45, 2.75) is 96.8 Å². The molecule has 5 rings (SSSR count). The third-order valence-electron chi connectivity index (χ3n) is 9.03. The normalized spacial score (nSPS) is 24.8. The average Bonchev–Trinajstić information content (AvgIpc) is 3.32. The van der Waals surface area contributed by atoms with Crippen LogP contribution in [0, 0.1) is 23.6 Å². The van der Waals surface area contributed by atoms with Gasteiger partial charge in [0.25, 0.3) is 0 Å². The Labute approximate surface area is 221 Å². The Morgan fingerprint density at radius 1 is 0.778 bits per heavy atom. The molecule has 0 saturated heterocycles. The summed E-state index contributed by atoms with van der Waals surface area (Å²) in [6.45, 7) is 4.98. The summed E-state index contributed by atoms with van der Waals surface area (Å²) in [6, 6.07) is 14.3. The second-order valence-electron chi connectivity index (χ2n) is 11.5. The van der Waals surface area contributed by atoms with Crippen LogP contribution in [0.3, 0.4) is 0 Å². The van der Waals surface area contributed by atoms with Crippen molar-refractivity contribution in [2.75, 3.05) is 6.61 Å². The van der Waals surface area contributed by atoms with Gasteiger partial charge in [0.15, 0.2) is 0 Å². The number of thiophene rings is 1. The van der Waals surface area contributed by atoms with E-state index in [1.54, 1.807) is 11.3 Å². The van der Waals surface area contributed by atoms with Crippen LogP contribution in [0.4, 0.5) is 4.39 Å². The fraction of sp³-hybridized carbons (Fsp3) is 0.576. The molecule has 0 unspecified atom stereocenters. The van der Waals surface area contributed by atoms with Crippen LogP contribution in [0.15, 0.2) is 42.5 Å². The standard InChI is InChI=1S/C33H43FOS/c1-3-5-23-6-8-24(9-7-23)10-11-25-12-14-26(15-13-25)27-17-19-30(31(34)20-27)33-21-28-16-18-29(35-4-2)22-32(28)36-33/h16-26H,3-15H2,1-2H3. The first-order valence-electron chi connectivity index (χ1n) is 14.6. The van der Waals surface area contributed by atoms with Crippen LogP contribution < -0.4 is 4.74 Å². The van der Waals surface area contributed by atoms with Gasteiger partial charge in [0.2, 0.25) is 0 Å². The van der Waals surface area contributed by atoms with Crippen LogP contribution in [0.5, 0.6) is 5.75 Å². The second kappa shape index (κ2) is 12.1. The molecular formula is C33H43FOS. The Kier molecular flexibility index (Phi) is 8.67. The van der Waals surface area contributed by atoms with Crippen molar-refractivity contribution < 1.29 is 9.13 Å². The molecule has 194 valence electrons. The maximum absolute atomic E-state index is 15.3. The molecule has 0 N–H and O–H groups in total. The number of hydrogen-bond acceptors (Lipinski definition) is 2. The van der Waals surface area contributed by atoms with Gasteiger partial charge in [0, 0.05) is 15.1 Å². The van der Waals surface area contributed by atoms with Crippen molar-refractivity contribution >= 4 is 21.4 Å². The lowest BCUT2D eigenvalue weighted by atomic mass is 9.74. The largest absolute Gasteiger partial charge is 0.494 e. The van der Waals surface area contributed by atoms with Gasteiger partial charge in [0.1, 0.15) is 11.6 Å². The maximum Gasteiger partial charge on any atom is 0.132 e. The number of rotatable bonds is 9. The van der Waals surface area contributed by atoms with Crippen LogP contribution in [-0.4, -0.2) is 6.61 Å². The zero-order valence-corrected chi connectivity index (χ0v) is 23.1. The van der Waals surface area contributed by atoms with Crippen molar-refractivity contribution in [3.05, 3.63) is 53.8 Å². The molecule has 1 nitrogen and oxygen atoms in total. The first-order chi connectivity index (χ1) is 17.6. The van der Waals surface area contributed by atoms with Crippen molar-refractivity contribution in [1.29, 1.82) is 0 Å². The predicted molar refractivity (Wildman–Crippen MR) is 153 cm³/mol. The molecule has 0 spiro atoms. The topological polar surface area (TPSA) is 9.23 Å². The molecule has 1 heterocycles. The summed E-state index contributed by atoms with van der Waals surface area (Å²) in [5.41, 5.74) is 1.92. The summed E-state index contributed by atoms with van der Waals surface area (Å²) in [5.74, 6) is 4.20. The summed E-state index contributed by atoms with van der Waals surface area (Å²) < 4.78 is 22.1. The highest BCUT2D eigenvalue weighted by Gasteiger charge is 2.26. The summed E-state index contributed by atoms with van der Waals surface area (Å²) in [4.78, 5) is 0.995. The van der Waals surface area contributed by atoms with Gasteiger partial charge < -0.3 is 4.74 Å². The highest BCUT2D eigenvalue weighted by molar-refractivity contribution is 7.22. The quantitative estimate of drug-likeness (QED) is 0.280. The van der Waals surface area contributed by atoms with Gasteiger partial charge in [0.05, 0.1) is 6.61 Å². The lowest BCUT2D eigenvalue weighted by Gasteiger charge is -2.32. The van der Waals surface area contributed by atoms with Gasteiger partial charge in [-0.1, -0.05) is 70.4 Å². The molecule has 2 aromatic carbocycles. The molecule has 3 aromatic rings. The zero-order chi connectivity index (χ0) is 24.9. The van der Waals surface area contributed by atoms with E-state index < -0.39 is 0 Å². The van der Waals surface area contributed by atoms with Crippen LogP contribution in [0.2, 0.25) is 0 Å². The molecule has 3 heteroatoms. The molecule has 0 radical (unpaired) electrons. The van der Waals surface area contributed by atoms with Crippen LogP contribution in [-0.2, 0) is 0 Å². The predicted octanol–water partition coefficient (Wildman–Crippen LogP) is 10.8. The van der Waals surface area contributed by atoms with E-state index in [4.69, 9.17) is 4.74 Å². The molecule has 0 bridgehead atoms. The summed E-state index contributed by atoms with van der Waals surface area (Å²) in [6.07, 6.45) is 16.6. The first-order valence-corrected chi connectivity index (χ1v) is 15.4. The molecule has 2 fully saturated rings. The van der Waals surface area contributed by atoms with E-state index in [-0.39, 0.29) is 5.82 Å². The minimum atomic E-state index is -0.0788. The van der Waals surface area contributed by atoms with E-state index in [1.807, 2.05) is 25.1 Å². The van der Waals surface area contributed by atoms with Gasteiger partial charge in [-0.05, 0) is 97.6 Å². The van der Waals surface area contributed by atoms with Gasteiger partial charge in [-0.15, -0.1) is 11.3 Å². The average molecular weight is 507 g/mol. The highest BCUT2D eigenvalue weighted by Crippen LogP contribution is 2.42. The zero-order valence-electron chi connectivity index (χ0n) is 22.2. The smallest absolute Gasteiger partial charge is 0.132 e. The van der Waals surface area contributed by atoms with Crippen molar-refractivity contribution in [1.82, 2.24) is 0 Å². The Balaban J connectivity index is 1.14. The summed E-state index contributed by atoms with van der Waals surface area (Å²) >= 11 is 1.65. The fourth-order valence-electron chi connectivity index (χ4n) is 6.86. The molecule has 36 heavy (non-hydrogen) atoms. The third-order valence-corrected chi connectivity index (χ3v) is 10.2. The van der Waals surface area contributed by atoms with Crippen molar-refractivity contribution in [3.8, 4) is 16.2 Å². The highest BCUT2D eigenvalue weighted by atomic mass is 32.1. The van der Waals surface area contributed by atoms with Gasteiger partial charge in [-0.25, -0.2) is 4.39 Å². The Morgan fingerprint density at radius 2 is 1.44 bits per heavy atom. The lowest BCUT2D eigenvalue weighted by molar-refractivity contribution is 0.224. The van der Waals surface area contributed by atoms with Crippen LogP contribution >= 0.6 is 11.3 Å². The Bertz CT molecular complexity index is 1120. The third kappa shape index (κ3) is 6.15. The molecule has 0 aliphatic heterocycles. The molecule has 0 amide bonds. The Hall–Kier alpha value is -1.87. The molecule has 1 aromatic heterocycles. The van der Waals surface area contributed by atoms with Crippen molar-refractivity contribution in [3.63, 3.8) is 0 Å². The van der Waals surface area contributed by atoms with E-state index >= 15 is 4.39 Å². The van der Waals surface area contributed by atoms with E-state index in [0.29, 0.717) is 12.5 Å². The Morgan fingerprint density at radius 3 is 2.08 bits per heavy atom. The molecule has 0 atom stereocenters. The first kappa shape index (κ1) is 25.8. The maximum atomic E-state index is 15.3. The molecule has 2 aliphatic rings. The molecule has 2 saturated carbocycles. The second-order valence-corrected chi connectivity index (χ2v) is 12.5. The van der Waals surface area contributed by atoms with Crippen LogP contribution in [0.25, 0.3) is 20.5 Å². The number of halogens is 1. The van der Waals surface area contributed by atoms with Gasteiger partial charge in [-0.2, -0.15) is 0 Å². The van der Waals surface area contributed by atoms with Gasteiger partial charge in [-0.3, -0.25) is 0 Å². The number of benzene rings is 2. The van der Waals surface area contributed by atoms with E-state index in [1.165, 1.54) is 82.6 Å². The van der Waals surface area contributed by atoms with Gasteiger partial charge >= 0.3 is 0 Å². The fourth-order valence-corrected chi connectivity index (χ4v) is 7.98. The van der Waals surface area contributed by atoms with E-state index in [0.717, 1.165) is 44.0 Å². The lowest BCUT2D eigenvalue weighted by Crippen LogP contribution is -2.17. The summed E-state index contributed by atoms with van der Waals surface area (Å²) in [5, 5.41) is 1.15. The van der Waals surface area contributed by atoms with E-state index in [9.17, 15) is 0 Å². The summed E-state index contributed by atoms with van der Waals surface area (Å²) in [7, 11) is 0. The van der Waals surface area contributed by atoms with Crippen molar-refractivity contribution in [2.24, 2.45) is 17.8 Å². The molecular weight excluding hydrogens is 463 g/mol. The molecule has 2 aliphatic carbocycles. The van der Waals surface area contributed by atoms with Crippen LogP contribution in [0.1, 0.15) is 102 Å². The SMILES string of the molecule is CCCC1CCC(CCC2CCC(c3ccc(-c4cc5ccc(OCC)cc5s4)c(F)c3)CC2)CC1. The number of ether oxygens (including phenoxy) is 1.